The number of carbonyl (C=O) groups is 1. The number of hydrogen-bond donors (Lipinski definition) is 1. The molecule has 0 aliphatic rings. The van der Waals surface area contributed by atoms with Crippen molar-refractivity contribution in [1.82, 2.24) is 5.32 Å². The number of hydrogen-bond acceptors (Lipinski definition) is 1. The summed E-state index contributed by atoms with van der Waals surface area (Å²) >= 11 is 0. The van der Waals surface area contributed by atoms with E-state index < -0.39 is 6.04 Å². The number of rotatable bonds is 5. The highest BCUT2D eigenvalue weighted by atomic mass is 19.1. The van der Waals surface area contributed by atoms with Crippen LogP contribution in [0.5, 0.6) is 0 Å². The molecule has 0 bridgehead atoms. The predicted octanol–water partition coefficient (Wildman–Crippen LogP) is 3.87. The predicted molar refractivity (Wildman–Crippen MR) is 77.9 cm³/mol. The van der Waals surface area contributed by atoms with Crippen LogP contribution in [0.3, 0.4) is 0 Å². The highest BCUT2D eigenvalue weighted by molar-refractivity contribution is 5.94. The van der Waals surface area contributed by atoms with Crippen LogP contribution in [-0.4, -0.2) is 5.91 Å². The average Bonchev–Trinajstić information content (AvgIpc) is 2.48. The van der Waals surface area contributed by atoms with Gasteiger partial charge in [-0.15, -0.1) is 6.58 Å². The molecule has 1 N–H and O–H groups in total. The van der Waals surface area contributed by atoms with Crippen molar-refractivity contribution in [3.05, 3.63) is 84.2 Å². The molecule has 0 radical (unpaired) electrons. The van der Waals surface area contributed by atoms with Crippen molar-refractivity contribution in [3.8, 4) is 0 Å². The molecule has 2 nitrogen and oxygen atoms in total. The number of nitrogens with one attached hydrogen (secondary N) is 1. The molecule has 102 valence electrons. The molecule has 1 atom stereocenters. The third kappa shape index (κ3) is 3.32. The Balaban J connectivity index is 2.20. The van der Waals surface area contributed by atoms with E-state index in [0.717, 1.165) is 0 Å². The van der Waals surface area contributed by atoms with Gasteiger partial charge in [0.2, 0.25) is 0 Å². The summed E-state index contributed by atoms with van der Waals surface area (Å²) in [4.78, 5) is 12.1. The maximum absolute atomic E-state index is 13.8. The molecular formula is C17H16FNO. The number of halogens is 1. The maximum Gasteiger partial charge on any atom is 0.251 e. The van der Waals surface area contributed by atoms with Crippen LogP contribution in [0.4, 0.5) is 4.39 Å². The van der Waals surface area contributed by atoms with Gasteiger partial charge in [-0.1, -0.05) is 42.5 Å². The lowest BCUT2D eigenvalue weighted by atomic mass is 10.0. The topological polar surface area (TPSA) is 29.1 Å². The zero-order chi connectivity index (χ0) is 14.4. The van der Waals surface area contributed by atoms with E-state index in [0.29, 0.717) is 17.5 Å². The van der Waals surface area contributed by atoms with E-state index in [1.54, 1.807) is 48.5 Å². The Morgan fingerprint density at radius 1 is 1.15 bits per heavy atom. The summed E-state index contributed by atoms with van der Waals surface area (Å²) in [6.45, 7) is 3.66. The molecule has 2 aromatic rings. The van der Waals surface area contributed by atoms with E-state index in [9.17, 15) is 9.18 Å². The van der Waals surface area contributed by atoms with Gasteiger partial charge in [0.25, 0.3) is 5.91 Å². The molecule has 0 aliphatic heterocycles. The van der Waals surface area contributed by atoms with Crippen LogP contribution < -0.4 is 5.32 Å². The Bertz CT molecular complexity index is 595. The van der Waals surface area contributed by atoms with Gasteiger partial charge in [0.05, 0.1) is 6.04 Å². The summed E-state index contributed by atoms with van der Waals surface area (Å²) in [6.07, 6.45) is 2.14. The fourth-order valence-corrected chi connectivity index (χ4v) is 2.02. The van der Waals surface area contributed by atoms with Crippen molar-refractivity contribution in [2.45, 2.75) is 12.5 Å². The number of benzene rings is 2. The smallest absolute Gasteiger partial charge is 0.251 e. The molecular weight excluding hydrogens is 253 g/mol. The summed E-state index contributed by atoms with van der Waals surface area (Å²) in [5.74, 6) is -0.548. The van der Waals surface area contributed by atoms with E-state index in [4.69, 9.17) is 0 Å². The molecule has 0 heterocycles. The van der Waals surface area contributed by atoms with Gasteiger partial charge in [-0.2, -0.15) is 0 Å². The molecule has 20 heavy (non-hydrogen) atoms. The first kappa shape index (κ1) is 14.0. The minimum Gasteiger partial charge on any atom is -0.345 e. The largest absolute Gasteiger partial charge is 0.345 e. The first-order valence-electron chi connectivity index (χ1n) is 6.43. The van der Waals surface area contributed by atoms with Crippen molar-refractivity contribution in [1.29, 1.82) is 0 Å². The third-order valence-electron chi connectivity index (χ3n) is 3.02. The second-order valence-corrected chi connectivity index (χ2v) is 4.44. The minimum atomic E-state index is -0.415. The molecule has 0 fully saturated rings. The van der Waals surface area contributed by atoms with Crippen molar-refractivity contribution >= 4 is 5.91 Å². The monoisotopic (exact) mass is 269 g/mol. The van der Waals surface area contributed by atoms with Gasteiger partial charge in [-0.25, -0.2) is 4.39 Å². The molecule has 0 saturated carbocycles. The number of amides is 1. The molecule has 0 unspecified atom stereocenters. The van der Waals surface area contributed by atoms with Crippen LogP contribution in [0, 0.1) is 5.82 Å². The lowest BCUT2D eigenvalue weighted by Gasteiger charge is -2.18. The number of carbonyl (C=O) groups excluding carboxylic acids is 1. The van der Waals surface area contributed by atoms with Gasteiger partial charge >= 0.3 is 0 Å². The van der Waals surface area contributed by atoms with Gasteiger partial charge in [-0.3, -0.25) is 4.79 Å². The molecule has 1 amide bonds. The lowest BCUT2D eigenvalue weighted by Crippen LogP contribution is -2.28. The van der Waals surface area contributed by atoms with Gasteiger partial charge in [0.15, 0.2) is 0 Å². The Labute approximate surface area is 118 Å². The van der Waals surface area contributed by atoms with E-state index in [1.165, 1.54) is 6.07 Å². The van der Waals surface area contributed by atoms with Crippen LogP contribution in [0.25, 0.3) is 0 Å². The van der Waals surface area contributed by atoms with Crippen LogP contribution >= 0.6 is 0 Å². The van der Waals surface area contributed by atoms with E-state index in [-0.39, 0.29) is 11.7 Å². The summed E-state index contributed by atoms with van der Waals surface area (Å²) < 4.78 is 13.8. The second-order valence-electron chi connectivity index (χ2n) is 4.44. The second kappa shape index (κ2) is 6.66. The van der Waals surface area contributed by atoms with Gasteiger partial charge in [0, 0.05) is 11.1 Å². The van der Waals surface area contributed by atoms with Crippen LogP contribution in [0.2, 0.25) is 0 Å². The standard InChI is InChI=1S/C17H16FNO/c1-2-8-16(14-11-6-7-12-15(14)18)19-17(20)13-9-4-3-5-10-13/h2-7,9-12,16H,1,8H2,(H,19,20)/t16-/m1/s1. The summed E-state index contributed by atoms with van der Waals surface area (Å²) in [6, 6.07) is 14.9. The zero-order valence-corrected chi connectivity index (χ0v) is 11.1. The normalized spacial score (nSPS) is 11.7. The Morgan fingerprint density at radius 2 is 1.80 bits per heavy atom. The van der Waals surface area contributed by atoms with Crippen molar-refractivity contribution in [2.24, 2.45) is 0 Å². The lowest BCUT2D eigenvalue weighted by molar-refractivity contribution is 0.0936. The zero-order valence-electron chi connectivity index (χ0n) is 11.1. The van der Waals surface area contributed by atoms with Crippen molar-refractivity contribution < 1.29 is 9.18 Å². The third-order valence-corrected chi connectivity index (χ3v) is 3.02. The summed E-state index contributed by atoms with van der Waals surface area (Å²) in [7, 11) is 0. The molecule has 2 aromatic carbocycles. The summed E-state index contributed by atoms with van der Waals surface area (Å²) in [5, 5.41) is 2.84. The van der Waals surface area contributed by atoms with Crippen molar-refractivity contribution in [2.75, 3.05) is 0 Å². The van der Waals surface area contributed by atoms with E-state index in [2.05, 4.69) is 11.9 Å². The van der Waals surface area contributed by atoms with Crippen LogP contribution in [0.1, 0.15) is 28.4 Å². The molecule has 0 aromatic heterocycles. The first-order chi connectivity index (χ1) is 9.72. The van der Waals surface area contributed by atoms with Crippen LogP contribution in [-0.2, 0) is 0 Å². The van der Waals surface area contributed by atoms with Gasteiger partial charge in [-0.05, 0) is 24.6 Å². The SMILES string of the molecule is C=CC[C@@H](NC(=O)c1ccccc1)c1ccccc1F. The minimum absolute atomic E-state index is 0.222. The fourth-order valence-electron chi connectivity index (χ4n) is 2.02. The highest BCUT2D eigenvalue weighted by Crippen LogP contribution is 2.21. The highest BCUT2D eigenvalue weighted by Gasteiger charge is 2.17. The first-order valence-corrected chi connectivity index (χ1v) is 6.43. The van der Waals surface area contributed by atoms with E-state index in [1.807, 2.05) is 6.07 Å². The van der Waals surface area contributed by atoms with Crippen molar-refractivity contribution in [3.63, 3.8) is 0 Å². The Kier molecular flexibility index (Phi) is 4.66. The van der Waals surface area contributed by atoms with Crippen LogP contribution in [0.15, 0.2) is 67.3 Å². The van der Waals surface area contributed by atoms with Gasteiger partial charge in [0.1, 0.15) is 5.82 Å². The summed E-state index contributed by atoms with van der Waals surface area (Å²) in [5.41, 5.74) is 1.02. The average molecular weight is 269 g/mol. The molecule has 0 saturated heterocycles. The quantitative estimate of drug-likeness (QED) is 0.820. The molecule has 2 rings (SSSR count). The van der Waals surface area contributed by atoms with Gasteiger partial charge < -0.3 is 5.32 Å². The Morgan fingerprint density at radius 3 is 2.45 bits per heavy atom. The maximum atomic E-state index is 13.8. The van der Waals surface area contributed by atoms with E-state index >= 15 is 0 Å². The molecule has 3 heteroatoms. The Hall–Kier alpha value is -2.42. The molecule has 0 aliphatic carbocycles. The molecule has 0 spiro atoms. The fraction of sp³-hybridized carbons (Fsp3) is 0.118.